The van der Waals surface area contributed by atoms with Gasteiger partial charge in [0.1, 0.15) is 18.3 Å². The molecule has 8 nitrogen and oxygen atoms in total. The molecule has 0 aromatic heterocycles. The van der Waals surface area contributed by atoms with E-state index in [1.165, 1.54) is 24.1 Å². The Labute approximate surface area is 282 Å². The first-order chi connectivity index (χ1) is 22.7. The number of ether oxygens (including phenoxy) is 1. The van der Waals surface area contributed by atoms with Gasteiger partial charge in [-0.1, -0.05) is 91.5 Å². The van der Waals surface area contributed by atoms with Crippen molar-refractivity contribution in [2.45, 2.75) is 62.0 Å². The molecular weight excluding hydrogens is 634 g/mol. The Morgan fingerprint density at radius 1 is 0.830 bits per heavy atom. The molecule has 1 atom stereocenters. The molecule has 10 heteroatoms. The number of nitrogens with one attached hydrogen (secondary N) is 1. The fraction of sp³-hybridized carbons (Fsp3) is 0.297. The lowest BCUT2D eigenvalue weighted by molar-refractivity contribution is -0.140. The molecule has 4 aromatic rings. The van der Waals surface area contributed by atoms with Gasteiger partial charge in [-0.3, -0.25) is 13.9 Å². The van der Waals surface area contributed by atoms with Crippen LogP contribution in [0.2, 0.25) is 5.02 Å². The van der Waals surface area contributed by atoms with Crippen molar-refractivity contribution < 1.29 is 22.7 Å². The first-order valence-electron chi connectivity index (χ1n) is 15.8. The van der Waals surface area contributed by atoms with E-state index in [9.17, 15) is 18.0 Å². The molecule has 0 spiro atoms. The highest BCUT2D eigenvalue weighted by Gasteiger charge is 2.35. The fourth-order valence-electron chi connectivity index (χ4n) is 5.88. The second-order valence-corrected chi connectivity index (χ2v) is 14.0. The van der Waals surface area contributed by atoms with Crippen molar-refractivity contribution in [2.24, 2.45) is 0 Å². The van der Waals surface area contributed by atoms with E-state index in [4.69, 9.17) is 16.3 Å². The SMILES string of the molecule is COc1ccc(N(CC(=O)N(Cc2ccc(Cl)cc2)[C@@H](Cc2ccccc2)C(=O)NC2CCCCC2)S(=O)(=O)c2ccccc2)cc1. The Morgan fingerprint density at radius 2 is 1.45 bits per heavy atom. The Hall–Kier alpha value is -4.34. The zero-order valence-corrected chi connectivity index (χ0v) is 28.0. The predicted molar refractivity (Wildman–Crippen MR) is 185 cm³/mol. The molecule has 0 bridgehead atoms. The van der Waals surface area contributed by atoms with Crippen molar-refractivity contribution >= 4 is 39.1 Å². The van der Waals surface area contributed by atoms with Gasteiger partial charge in [-0.2, -0.15) is 0 Å². The number of anilines is 1. The van der Waals surface area contributed by atoms with Crippen LogP contribution in [0.4, 0.5) is 5.69 Å². The van der Waals surface area contributed by atoms with E-state index in [1.54, 1.807) is 54.6 Å². The normalized spacial score (nSPS) is 14.2. The predicted octanol–water partition coefficient (Wildman–Crippen LogP) is 6.63. The molecule has 1 fully saturated rings. The minimum Gasteiger partial charge on any atom is -0.497 e. The molecule has 246 valence electrons. The van der Waals surface area contributed by atoms with Crippen LogP contribution in [0.5, 0.6) is 5.75 Å². The number of carbonyl (C=O) groups is 2. The molecule has 1 saturated carbocycles. The van der Waals surface area contributed by atoms with Gasteiger partial charge in [-0.25, -0.2) is 8.42 Å². The third-order valence-electron chi connectivity index (χ3n) is 8.46. The van der Waals surface area contributed by atoms with Gasteiger partial charge >= 0.3 is 0 Å². The van der Waals surface area contributed by atoms with E-state index in [2.05, 4.69) is 5.32 Å². The number of amides is 2. The third kappa shape index (κ3) is 8.93. The van der Waals surface area contributed by atoms with Gasteiger partial charge in [-0.15, -0.1) is 0 Å². The lowest BCUT2D eigenvalue weighted by atomic mass is 9.94. The summed E-state index contributed by atoms with van der Waals surface area (Å²) < 4.78 is 34.6. The molecule has 2 amide bonds. The Kier molecular flexibility index (Phi) is 11.6. The summed E-state index contributed by atoms with van der Waals surface area (Å²) in [5.41, 5.74) is 1.93. The molecular formula is C37H40ClN3O5S. The summed E-state index contributed by atoms with van der Waals surface area (Å²) in [5, 5.41) is 3.77. The number of halogens is 1. The summed E-state index contributed by atoms with van der Waals surface area (Å²) in [6, 6.07) is 30.3. The van der Waals surface area contributed by atoms with Gasteiger partial charge in [0.2, 0.25) is 11.8 Å². The monoisotopic (exact) mass is 673 g/mol. The van der Waals surface area contributed by atoms with Crippen LogP contribution in [-0.2, 0) is 32.6 Å². The second kappa shape index (κ2) is 16.0. The minimum absolute atomic E-state index is 0.0243. The average Bonchev–Trinajstić information content (AvgIpc) is 3.10. The molecule has 4 aromatic carbocycles. The number of rotatable bonds is 13. The van der Waals surface area contributed by atoms with Crippen molar-refractivity contribution in [3.63, 3.8) is 0 Å². The van der Waals surface area contributed by atoms with Crippen LogP contribution in [-0.4, -0.2) is 50.9 Å². The van der Waals surface area contributed by atoms with Gasteiger partial charge < -0.3 is 15.0 Å². The lowest BCUT2D eigenvalue weighted by Gasteiger charge is -2.35. The highest BCUT2D eigenvalue weighted by molar-refractivity contribution is 7.92. The molecule has 0 radical (unpaired) electrons. The van der Waals surface area contributed by atoms with Crippen LogP contribution < -0.4 is 14.4 Å². The number of methoxy groups -OCH3 is 1. The smallest absolute Gasteiger partial charge is 0.264 e. The van der Waals surface area contributed by atoms with E-state index in [1.807, 2.05) is 42.5 Å². The zero-order valence-electron chi connectivity index (χ0n) is 26.4. The molecule has 1 aliphatic carbocycles. The van der Waals surface area contributed by atoms with Gasteiger partial charge in [-0.05, 0) is 72.5 Å². The van der Waals surface area contributed by atoms with Crippen molar-refractivity contribution in [3.8, 4) is 5.75 Å². The zero-order chi connectivity index (χ0) is 33.2. The largest absolute Gasteiger partial charge is 0.497 e. The summed E-state index contributed by atoms with van der Waals surface area (Å²) in [5.74, 6) is -0.233. The summed E-state index contributed by atoms with van der Waals surface area (Å²) >= 11 is 6.18. The van der Waals surface area contributed by atoms with Crippen molar-refractivity contribution in [3.05, 3.63) is 125 Å². The van der Waals surface area contributed by atoms with Crippen LogP contribution in [0, 0.1) is 0 Å². The summed E-state index contributed by atoms with van der Waals surface area (Å²) in [6.07, 6.45) is 5.24. The van der Waals surface area contributed by atoms with Crippen LogP contribution in [0.25, 0.3) is 0 Å². The van der Waals surface area contributed by atoms with Crippen molar-refractivity contribution in [1.82, 2.24) is 10.2 Å². The minimum atomic E-state index is -4.18. The van der Waals surface area contributed by atoms with Crippen LogP contribution in [0.1, 0.15) is 43.2 Å². The van der Waals surface area contributed by atoms with Crippen LogP contribution in [0.15, 0.2) is 114 Å². The number of benzene rings is 4. The Balaban J connectivity index is 1.55. The number of nitrogens with zero attached hydrogens (tertiary/aromatic N) is 2. The maximum absolute atomic E-state index is 14.6. The highest BCUT2D eigenvalue weighted by atomic mass is 35.5. The van der Waals surface area contributed by atoms with Gasteiger partial charge in [0.25, 0.3) is 10.0 Å². The summed E-state index contributed by atoms with van der Waals surface area (Å²) in [6.45, 7) is -0.452. The number of hydrogen-bond acceptors (Lipinski definition) is 5. The van der Waals surface area contributed by atoms with Gasteiger partial charge in [0.15, 0.2) is 0 Å². The molecule has 5 rings (SSSR count). The molecule has 0 saturated heterocycles. The van der Waals surface area contributed by atoms with E-state index in [0.29, 0.717) is 16.5 Å². The van der Waals surface area contributed by atoms with Crippen LogP contribution >= 0.6 is 11.6 Å². The third-order valence-corrected chi connectivity index (χ3v) is 10.5. The standard InChI is InChI=1S/C37H40ClN3O5S/c1-46-33-23-21-32(22-24-33)41(47(44,45)34-15-9-4-10-16-34)27-36(42)40(26-29-17-19-30(38)20-18-29)35(25-28-11-5-2-6-12-28)37(43)39-31-13-7-3-8-14-31/h2,4-6,9-12,15-24,31,35H,3,7-8,13-14,25-27H2,1H3,(H,39,43)/t35-/m0/s1. The van der Waals surface area contributed by atoms with Crippen LogP contribution in [0.3, 0.4) is 0 Å². The molecule has 1 N–H and O–H groups in total. The molecule has 47 heavy (non-hydrogen) atoms. The van der Waals surface area contributed by atoms with E-state index < -0.39 is 28.5 Å². The highest BCUT2D eigenvalue weighted by Crippen LogP contribution is 2.27. The first-order valence-corrected chi connectivity index (χ1v) is 17.7. The van der Waals surface area contributed by atoms with Crippen molar-refractivity contribution in [2.75, 3.05) is 18.0 Å². The van der Waals surface area contributed by atoms with Crippen molar-refractivity contribution in [1.29, 1.82) is 0 Å². The van der Waals surface area contributed by atoms with E-state index in [0.717, 1.165) is 47.5 Å². The maximum Gasteiger partial charge on any atom is 0.264 e. The number of hydrogen-bond donors (Lipinski definition) is 1. The average molecular weight is 674 g/mol. The molecule has 0 unspecified atom stereocenters. The first kappa shape index (κ1) is 34.0. The topological polar surface area (TPSA) is 96.0 Å². The fourth-order valence-corrected chi connectivity index (χ4v) is 7.44. The summed E-state index contributed by atoms with van der Waals surface area (Å²) in [7, 11) is -2.66. The Morgan fingerprint density at radius 3 is 2.06 bits per heavy atom. The van der Waals surface area contributed by atoms with E-state index >= 15 is 0 Å². The van der Waals surface area contributed by atoms with E-state index in [-0.39, 0.29) is 29.8 Å². The molecule has 1 aliphatic rings. The maximum atomic E-state index is 14.6. The van der Waals surface area contributed by atoms with Gasteiger partial charge in [0, 0.05) is 24.0 Å². The number of carbonyl (C=O) groups excluding carboxylic acids is 2. The lowest BCUT2D eigenvalue weighted by Crippen LogP contribution is -2.55. The Bertz CT molecular complexity index is 1710. The number of sulfonamides is 1. The second-order valence-electron chi connectivity index (χ2n) is 11.7. The molecule has 0 heterocycles. The molecule has 0 aliphatic heterocycles. The quantitative estimate of drug-likeness (QED) is 0.172. The van der Waals surface area contributed by atoms with Gasteiger partial charge in [0.05, 0.1) is 17.7 Å². The summed E-state index contributed by atoms with van der Waals surface area (Å²) in [4.78, 5) is 30.3.